The standard InChI is InChI=1S/C23H19N3O8/c1-12-10-18(24-34-12)25-20(13-4-7-15(8-5-13)26(30)31)19(22(28)23(25)29)21(27)14-6-9-16(32-2)17(11-14)33-3/h4-11,20,27H,1-3H3/t20-/m0/s1. The molecule has 1 aliphatic rings. The fourth-order valence-corrected chi connectivity index (χ4v) is 3.77. The molecule has 1 fully saturated rings. The second kappa shape index (κ2) is 8.70. The molecule has 4 rings (SSSR count). The van der Waals surface area contributed by atoms with Gasteiger partial charge >= 0.3 is 5.91 Å². The largest absolute Gasteiger partial charge is 0.507 e. The predicted molar refractivity (Wildman–Crippen MR) is 119 cm³/mol. The van der Waals surface area contributed by atoms with Gasteiger partial charge < -0.3 is 19.1 Å². The van der Waals surface area contributed by atoms with Crippen molar-refractivity contribution in [2.45, 2.75) is 13.0 Å². The molecule has 11 nitrogen and oxygen atoms in total. The molecule has 1 atom stereocenters. The number of non-ortho nitro benzene ring substituents is 1. The first-order valence-corrected chi connectivity index (χ1v) is 9.98. The molecule has 11 heteroatoms. The van der Waals surface area contributed by atoms with Gasteiger partial charge in [0.05, 0.1) is 30.8 Å². The van der Waals surface area contributed by atoms with Gasteiger partial charge in [-0.1, -0.05) is 5.16 Å². The van der Waals surface area contributed by atoms with Gasteiger partial charge in [0.2, 0.25) is 0 Å². The number of ketones is 1. The number of rotatable bonds is 6. The summed E-state index contributed by atoms with van der Waals surface area (Å²) in [7, 11) is 2.88. The number of hydrogen-bond acceptors (Lipinski definition) is 9. The zero-order valence-electron chi connectivity index (χ0n) is 18.3. The third kappa shape index (κ3) is 3.72. The predicted octanol–water partition coefficient (Wildman–Crippen LogP) is 3.53. The lowest BCUT2D eigenvalue weighted by Crippen LogP contribution is -2.29. The van der Waals surface area contributed by atoms with Crippen LogP contribution in [0.2, 0.25) is 0 Å². The molecule has 0 aliphatic carbocycles. The molecule has 2 aromatic carbocycles. The molecule has 0 radical (unpaired) electrons. The van der Waals surface area contributed by atoms with Gasteiger partial charge in [-0.2, -0.15) is 0 Å². The van der Waals surface area contributed by atoms with Crippen molar-refractivity contribution in [1.29, 1.82) is 0 Å². The summed E-state index contributed by atoms with van der Waals surface area (Å²) in [6.45, 7) is 1.62. The Morgan fingerprint density at radius 3 is 2.32 bits per heavy atom. The van der Waals surface area contributed by atoms with Crippen LogP contribution in [0.5, 0.6) is 11.5 Å². The minimum Gasteiger partial charge on any atom is -0.507 e. The van der Waals surface area contributed by atoms with Gasteiger partial charge in [0.15, 0.2) is 17.3 Å². The van der Waals surface area contributed by atoms with E-state index in [4.69, 9.17) is 14.0 Å². The number of nitro benzene ring substituents is 1. The first kappa shape index (κ1) is 22.5. The number of aryl methyl sites for hydroxylation is 1. The number of ether oxygens (including phenoxy) is 2. The number of nitro groups is 1. The number of hydrogen-bond donors (Lipinski definition) is 1. The second-order valence-electron chi connectivity index (χ2n) is 7.38. The van der Waals surface area contributed by atoms with E-state index < -0.39 is 28.4 Å². The molecule has 1 N–H and O–H groups in total. The summed E-state index contributed by atoms with van der Waals surface area (Å²) >= 11 is 0. The number of nitrogens with zero attached hydrogens (tertiary/aromatic N) is 3. The zero-order valence-corrected chi connectivity index (χ0v) is 18.3. The van der Waals surface area contributed by atoms with Crippen LogP contribution in [0.3, 0.4) is 0 Å². The number of methoxy groups -OCH3 is 2. The van der Waals surface area contributed by atoms with Crippen molar-refractivity contribution < 1.29 is 33.6 Å². The smallest absolute Gasteiger partial charge is 0.301 e. The topological polar surface area (TPSA) is 145 Å². The Balaban J connectivity index is 1.92. The van der Waals surface area contributed by atoms with E-state index in [1.807, 2.05) is 0 Å². The summed E-state index contributed by atoms with van der Waals surface area (Å²) in [5, 5.41) is 26.1. The summed E-state index contributed by atoms with van der Waals surface area (Å²) in [5.41, 5.74) is 0.177. The first-order valence-electron chi connectivity index (χ1n) is 9.98. The van der Waals surface area contributed by atoms with Crippen LogP contribution >= 0.6 is 0 Å². The van der Waals surface area contributed by atoms with Gasteiger partial charge in [0.1, 0.15) is 11.5 Å². The van der Waals surface area contributed by atoms with Crippen LogP contribution in [-0.4, -0.2) is 41.1 Å². The molecular formula is C23H19N3O8. The normalized spacial score (nSPS) is 17.1. The molecular weight excluding hydrogens is 446 g/mol. The van der Waals surface area contributed by atoms with Gasteiger partial charge in [0, 0.05) is 23.8 Å². The minimum atomic E-state index is -1.11. The number of benzene rings is 2. The number of aromatic nitrogens is 1. The monoisotopic (exact) mass is 465 g/mol. The van der Waals surface area contributed by atoms with Crippen molar-refractivity contribution in [2.75, 3.05) is 19.1 Å². The zero-order chi connectivity index (χ0) is 24.6. The lowest BCUT2D eigenvalue weighted by Gasteiger charge is -2.22. The third-order valence-corrected chi connectivity index (χ3v) is 5.38. The lowest BCUT2D eigenvalue weighted by molar-refractivity contribution is -0.384. The van der Waals surface area contributed by atoms with Crippen molar-refractivity contribution in [3.8, 4) is 11.5 Å². The van der Waals surface area contributed by atoms with Crippen LogP contribution in [-0.2, 0) is 9.59 Å². The van der Waals surface area contributed by atoms with Crippen LogP contribution in [0.15, 0.2) is 58.6 Å². The Morgan fingerprint density at radius 2 is 1.76 bits per heavy atom. The highest BCUT2D eigenvalue weighted by atomic mass is 16.6. The average Bonchev–Trinajstić information content (AvgIpc) is 3.38. The van der Waals surface area contributed by atoms with E-state index in [2.05, 4.69) is 5.16 Å². The third-order valence-electron chi connectivity index (χ3n) is 5.38. The van der Waals surface area contributed by atoms with Crippen molar-refractivity contribution in [3.05, 3.63) is 81.1 Å². The fourth-order valence-electron chi connectivity index (χ4n) is 3.77. The number of anilines is 1. The van der Waals surface area contributed by atoms with E-state index in [1.165, 1.54) is 56.7 Å². The van der Waals surface area contributed by atoms with Crippen molar-refractivity contribution in [1.82, 2.24) is 5.16 Å². The quantitative estimate of drug-likeness (QED) is 0.190. The van der Waals surface area contributed by atoms with E-state index in [1.54, 1.807) is 13.0 Å². The Morgan fingerprint density at radius 1 is 1.09 bits per heavy atom. The van der Waals surface area contributed by atoms with Crippen LogP contribution < -0.4 is 14.4 Å². The highest BCUT2D eigenvalue weighted by Crippen LogP contribution is 2.43. The first-order chi connectivity index (χ1) is 16.3. The Bertz CT molecular complexity index is 1330. The van der Waals surface area contributed by atoms with Gasteiger partial charge in [-0.05, 0) is 42.8 Å². The number of carbonyl (C=O) groups is 2. The van der Waals surface area contributed by atoms with E-state index in [9.17, 15) is 24.8 Å². The average molecular weight is 465 g/mol. The number of aliphatic hydroxyl groups is 1. The molecule has 0 saturated carbocycles. The van der Waals surface area contributed by atoms with Crippen molar-refractivity contribution in [2.24, 2.45) is 0 Å². The number of amides is 1. The highest BCUT2D eigenvalue weighted by Gasteiger charge is 2.48. The fraction of sp³-hybridized carbons (Fsp3) is 0.174. The summed E-state index contributed by atoms with van der Waals surface area (Å²) in [5.74, 6) is -1.15. The highest BCUT2D eigenvalue weighted by molar-refractivity contribution is 6.51. The maximum Gasteiger partial charge on any atom is 0.301 e. The molecule has 3 aromatic rings. The van der Waals surface area contributed by atoms with E-state index in [0.29, 0.717) is 22.8 Å². The summed E-state index contributed by atoms with van der Waals surface area (Å²) in [6, 6.07) is 10.2. The van der Waals surface area contributed by atoms with Gasteiger partial charge in [-0.3, -0.25) is 24.6 Å². The molecule has 0 spiro atoms. The van der Waals surface area contributed by atoms with Crippen molar-refractivity contribution in [3.63, 3.8) is 0 Å². The van der Waals surface area contributed by atoms with Crippen LogP contribution in [0, 0.1) is 17.0 Å². The van der Waals surface area contributed by atoms with Crippen LogP contribution in [0.4, 0.5) is 11.5 Å². The van der Waals surface area contributed by atoms with Crippen LogP contribution in [0.1, 0.15) is 22.9 Å². The maximum atomic E-state index is 13.1. The minimum absolute atomic E-state index is 0.0642. The Hall–Kier alpha value is -4.67. The molecule has 2 heterocycles. The van der Waals surface area contributed by atoms with E-state index in [0.717, 1.165) is 4.90 Å². The van der Waals surface area contributed by atoms with Crippen LogP contribution in [0.25, 0.3) is 5.76 Å². The molecule has 1 aliphatic heterocycles. The lowest BCUT2D eigenvalue weighted by atomic mass is 9.95. The van der Waals surface area contributed by atoms with E-state index >= 15 is 0 Å². The number of carbonyl (C=O) groups excluding carboxylic acids is 2. The summed E-state index contributed by atoms with van der Waals surface area (Å²) < 4.78 is 15.6. The second-order valence-corrected chi connectivity index (χ2v) is 7.38. The maximum absolute atomic E-state index is 13.1. The van der Waals surface area contributed by atoms with Gasteiger partial charge in [-0.15, -0.1) is 0 Å². The molecule has 0 bridgehead atoms. The molecule has 0 unspecified atom stereocenters. The molecule has 1 aromatic heterocycles. The van der Waals surface area contributed by atoms with E-state index in [-0.39, 0.29) is 22.6 Å². The molecule has 1 saturated heterocycles. The number of aliphatic hydroxyl groups excluding tert-OH is 1. The SMILES string of the molecule is COc1ccc(C(O)=C2C(=O)C(=O)N(c3cc(C)on3)[C@H]2c2ccc([N+](=O)[O-])cc2)cc1OC. The van der Waals surface area contributed by atoms with Gasteiger partial charge in [0.25, 0.3) is 11.5 Å². The summed E-state index contributed by atoms with van der Waals surface area (Å²) in [6.07, 6.45) is 0. The van der Waals surface area contributed by atoms with Gasteiger partial charge in [-0.25, -0.2) is 0 Å². The molecule has 174 valence electrons. The van der Waals surface area contributed by atoms with Crippen molar-refractivity contribution >= 4 is 29.0 Å². The summed E-state index contributed by atoms with van der Waals surface area (Å²) in [4.78, 5) is 37.8. The Kier molecular flexibility index (Phi) is 5.76. The molecule has 34 heavy (non-hydrogen) atoms. The number of Topliss-reactive ketones (excluding diaryl/α,β-unsaturated/α-hetero) is 1. The Labute approximate surface area is 192 Å². The molecule has 1 amide bonds.